The van der Waals surface area contributed by atoms with Crippen molar-refractivity contribution in [2.45, 2.75) is 64.1 Å². The summed E-state index contributed by atoms with van der Waals surface area (Å²) in [5.41, 5.74) is 8.50. The van der Waals surface area contributed by atoms with Gasteiger partial charge in [-0.15, -0.1) is 11.3 Å². The van der Waals surface area contributed by atoms with Gasteiger partial charge in [-0.2, -0.15) is 0 Å². The molecule has 9 nitrogen and oxygen atoms in total. The van der Waals surface area contributed by atoms with E-state index in [4.69, 9.17) is 18.9 Å². The molecule has 0 bridgehead atoms. The summed E-state index contributed by atoms with van der Waals surface area (Å²) >= 11 is 1.47. The van der Waals surface area contributed by atoms with Gasteiger partial charge in [0.2, 0.25) is 5.91 Å². The van der Waals surface area contributed by atoms with Gasteiger partial charge < -0.3 is 23.8 Å². The molecule has 0 unspecified atom stereocenters. The lowest BCUT2D eigenvalue weighted by atomic mass is 9.77. The van der Waals surface area contributed by atoms with Crippen LogP contribution in [0.15, 0.2) is 145 Å². The third-order valence-electron chi connectivity index (χ3n) is 11.1. The van der Waals surface area contributed by atoms with Gasteiger partial charge in [-0.1, -0.05) is 90.9 Å². The summed E-state index contributed by atoms with van der Waals surface area (Å²) in [6.45, 7) is 3.21. The number of hydrogen-bond donors (Lipinski definition) is 0. The van der Waals surface area contributed by atoms with Gasteiger partial charge in [0.05, 0.1) is 34.6 Å². The summed E-state index contributed by atoms with van der Waals surface area (Å²) in [5.74, 6) is 5.15. The largest absolute Gasteiger partial charge is 0.489 e. The highest BCUT2D eigenvalue weighted by molar-refractivity contribution is 7.10. The lowest BCUT2D eigenvalue weighted by molar-refractivity contribution is -0.148. The monoisotopic (exact) mass is 860 g/mol. The van der Waals surface area contributed by atoms with Gasteiger partial charge >= 0.3 is 11.9 Å². The van der Waals surface area contributed by atoms with Crippen molar-refractivity contribution in [2.24, 2.45) is 5.92 Å². The first-order valence-electron chi connectivity index (χ1n) is 20.8. The van der Waals surface area contributed by atoms with E-state index in [1.54, 1.807) is 28.7 Å². The molecule has 0 saturated carbocycles. The Morgan fingerprint density at radius 2 is 1.70 bits per heavy atom. The number of thiazole rings is 1. The van der Waals surface area contributed by atoms with Crippen molar-refractivity contribution in [2.75, 3.05) is 11.5 Å². The van der Waals surface area contributed by atoms with E-state index in [2.05, 4.69) is 29.0 Å². The van der Waals surface area contributed by atoms with Crippen LogP contribution in [0.25, 0.3) is 11.1 Å². The van der Waals surface area contributed by atoms with Crippen LogP contribution in [0.3, 0.4) is 0 Å². The van der Waals surface area contributed by atoms with Gasteiger partial charge in [-0.3, -0.25) is 19.4 Å². The van der Waals surface area contributed by atoms with Gasteiger partial charge in [0.15, 0.2) is 0 Å². The Balaban J connectivity index is 1.14. The average Bonchev–Trinajstić information content (AvgIpc) is 3.83. The highest BCUT2D eigenvalue weighted by Gasteiger charge is 2.50. The van der Waals surface area contributed by atoms with Crippen LogP contribution in [0, 0.1) is 23.6 Å². The standard InChI is InChI=1S/C52H45FN2O7S/c1-34(56)59-32-44-12-7-13-48(62-44)41-11-6-10-39(28-41)40-19-25-46(50(29-40)60-31-37-8-4-3-5-9-37)51-47(26-27-49(61-35(2)57)38-17-20-42(53)21-18-38)52(58)55(51)43-22-14-36(15-23-43)16-24-45-30-54-33-63-45/h3-11,13-15,17-23,25,28-30,33,44,47-49,51H,12,26-27,31-32H2,1-2H3/t44-,47-,48+,49+,51-/m1/s1. The fourth-order valence-electron chi connectivity index (χ4n) is 7.98. The number of nitrogens with zero attached hydrogens (tertiary/aromatic N) is 2. The van der Waals surface area contributed by atoms with Crippen molar-refractivity contribution < 1.29 is 37.7 Å². The van der Waals surface area contributed by atoms with Gasteiger partial charge in [-0.25, -0.2) is 4.39 Å². The summed E-state index contributed by atoms with van der Waals surface area (Å²) in [4.78, 5) is 45.0. The number of benzene rings is 5. The molecule has 8 rings (SSSR count). The molecular formula is C52H45FN2O7S. The number of aromatic nitrogens is 1. The molecule has 1 saturated heterocycles. The van der Waals surface area contributed by atoms with Crippen molar-refractivity contribution in [3.05, 3.63) is 184 Å². The SMILES string of the molecule is CC(=O)OC[C@H]1CC=C[C@@H](c2cccc(-c3ccc([C@@H]4[C@@H](CC[C@H](OC(C)=O)c5ccc(F)cc5)C(=O)N4c4ccc(C#Cc5cncs5)cc4)c(OCc4ccccc4)c3)c2)O1. The lowest BCUT2D eigenvalue weighted by Gasteiger charge is -2.48. The second-order valence-electron chi connectivity index (χ2n) is 15.4. The summed E-state index contributed by atoms with van der Waals surface area (Å²) < 4.78 is 38.0. The van der Waals surface area contributed by atoms with Crippen LogP contribution < -0.4 is 9.64 Å². The molecule has 5 atom stereocenters. The predicted molar refractivity (Wildman–Crippen MR) is 239 cm³/mol. The number of amides is 1. The van der Waals surface area contributed by atoms with Crippen molar-refractivity contribution in [3.8, 4) is 28.7 Å². The zero-order valence-electron chi connectivity index (χ0n) is 34.8. The second kappa shape index (κ2) is 19.9. The molecule has 1 amide bonds. The number of esters is 2. The molecule has 6 aromatic rings. The number of hydrogen-bond acceptors (Lipinski definition) is 9. The smallest absolute Gasteiger partial charge is 0.303 e. The Morgan fingerprint density at radius 1 is 0.905 bits per heavy atom. The molecule has 3 heterocycles. The molecule has 0 spiro atoms. The number of ether oxygens (including phenoxy) is 4. The minimum Gasteiger partial charge on any atom is -0.489 e. The van der Waals surface area contributed by atoms with Crippen molar-refractivity contribution in [1.29, 1.82) is 0 Å². The number of carbonyl (C=O) groups excluding carboxylic acids is 3. The molecule has 2 aliphatic heterocycles. The molecule has 2 aliphatic rings. The number of halogens is 1. The third kappa shape index (κ3) is 10.6. The highest BCUT2D eigenvalue weighted by atomic mass is 32.1. The summed E-state index contributed by atoms with van der Waals surface area (Å²) in [5, 5.41) is 0. The number of anilines is 1. The molecule has 1 fully saturated rings. The molecule has 1 aromatic heterocycles. The average molecular weight is 861 g/mol. The Bertz CT molecular complexity index is 2640. The van der Waals surface area contributed by atoms with Crippen LogP contribution in [0.4, 0.5) is 10.1 Å². The Kier molecular flexibility index (Phi) is 13.5. The molecule has 0 aliphatic carbocycles. The Labute approximate surface area is 370 Å². The van der Waals surface area contributed by atoms with E-state index in [0.29, 0.717) is 42.9 Å². The minimum atomic E-state index is -0.676. The van der Waals surface area contributed by atoms with E-state index in [0.717, 1.165) is 38.3 Å². The summed E-state index contributed by atoms with van der Waals surface area (Å²) in [6.07, 6.45) is 5.92. The minimum absolute atomic E-state index is 0.0810. The van der Waals surface area contributed by atoms with Crippen LogP contribution in [-0.2, 0) is 35.2 Å². The highest BCUT2D eigenvalue weighted by Crippen LogP contribution is 2.50. The van der Waals surface area contributed by atoms with Crippen molar-refractivity contribution >= 4 is 34.9 Å². The zero-order valence-corrected chi connectivity index (χ0v) is 35.6. The maximum atomic E-state index is 14.4. The van der Waals surface area contributed by atoms with E-state index >= 15 is 0 Å². The van der Waals surface area contributed by atoms with E-state index in [1.165, 1.54) is 37.3 Å². The topological polar surface area (TPSA) is 104 Å². The van der Waals surface area contributed by atoms with Crippen LogP contribution in [-0.4, -0.2) is 35.5 Å². The molecular weight excluding hydrogens is 816 g/mol. The van der Waals surface area contributed by atoms with Crippen molar-refractivity contribution in [3.63, 3.8) is 0 Å². The number of carbonyl (C=O) groups is 3. The first-order chi connectivity index (χ1) is 30.7. The van der Waals surface area contributed by atoms with Gasteiger partial charge in [-0.05, 0) is 102 Å². The normalized spacial score (nSPS) is 18.4. The lowest BCUT2D eigenvalue weighted by Crippen LogP contribution is -2.55. The van der Waals surface area contributed by atoms with Gasteiger partial charge in [0.1, 0.15) is 37.0 Å². The summed E-state index contributed by atoms with van der Waals surface area (Å²) in [6, 6.07) is 37.2. The van der Waals surface area contributed by atoms with E-state index in [-0.39, 0.29) is 30.7 Å². The fourth-order valence-corrected chi connectivity index (χ4v) is 8.44. The van der Waals surface area contributed by atoms with Gasteiger partial charge in [0.25, 0.3) is 0 Å². The predicted octanol–water partition coefficient (Wildman–Crippen LogP) is 10.7. The van der Waals surface area contributed by atoms with Crippen LogP contribution in [0.2, 0.25) is 0 Å². The molecule has 318 valence electrons. The molecule has 63 heavy (non-hydrogen) atoms. The van der Waals surface area contributed by atoms with Crippen LogP contribution in [0.1, 0.15) is 84.1 Å². The summed E-state index contributed by atoms with van der Waals surface area (Å²) in [7, 11) is 0. The van der Waals surface area contributed by atoms with Crippen LogP contribution >= 0.6 is 11.3 Å². The van der Waals surface area contributed by atoms with Crippen molar-refractivity contribution in [1.82, 2.24) is 4.98 Å². The molecule has 5 aromatic carbocycles. The molecule has 11 heteroatoms. The van der Waals surface area contributed by atoms with Crippen LogP contribution in [0.5, 0.6) is 5.75 Å². The van der Waals surface area contributed by atoms with E-state index < -0.39 is 29.9 Å². The maximum absolute atomic E-state index is 14.4. The van der Waals surface area contributed by atoms with E-state index in [1.807, 2.05) is 97.1 Å². The Morgan fingerprint density at radius 3 is 2.44 bits per heavy atom. The first-order valence-corrected chi connectivity index (χ1v) is 21.7. The van der Waals surface area contributed by atoms with E-state index in [9.17, 15) is 18.8 Å². The van der Waals surface area contributed by atoms with Gasteiger partial charge in [0, 0.05) is 30.7 Å². The zero-order chi connectivity index (χ0) is 43.7. The quantitative estimate of drug-likeness (QED) is 0.0462. The fraction of sp³-hybridized carbons (Fsp3) is 0.231. The second-order valence-corrected chi connectivity index (χ2v) is 16.3. The number of β-lactam (4-membered cyclic amide) rings is 1. The maximum Gasteiger partial charge on any atom is 0.303 e. The molecule has 0 N–H and O–H groups in total. The first kappa shape index (κ1) is 42.8. The Hall–Kier alpha value is -6.87. The molecule has 0 radical (unpaired) electrons. The number of rotatable bonds is 14. The third-order valence-corrected chi connectivity index (χ3v) is 11.7.